The van der Waals surface area contributed by atoms with Gasteiger partial charge in [0.25, 0.3) is 0 Å². The zero-order chi connectivity index (χ0) is 24.9. The first kappa shape index (κ1) is 23.5. The number of hydrogen-bond acceptors (Lipinski definition) is 7. The van der Waals surface area contributed by atoms with Gasteiger partial charge in [-0.2, -0.15) is 10.1 Å². The predicted octanol–water partition coefficient (Wildman–Crippen LogP) is 4.35. The lowest BCUT2D eigenvalue weighted by Crippen LogP contribution is -2.44. The monoisotopic (exact) mass is 484 g/mol. The van der Waals surface area contributed by atoms with Crippen LogP contribution in [0.4, 0.5) is 0 Å². The number of fused-ring (bicyclic) bond motifs is 1. The molecule has 1 amide bonds. The molecule has 0 unspecified atom stereocenters. The summed E-state index contributed by atoms with van der Waals surface area (Å²) in [5.41, 5.74) is 1.45. The van der Waals surface area contributed by atoms with Crippen molar-refractivity contribution in [3.8, 4) is 23.1 Å². The molecule has 1 N–H and O–H groups in total. The summed E-state index contributed by atoms with van der Waals surface area (Å²) in [6.07, 6.45) is 8.20. The summed E-state index contributed by atoms with van der Waals surface area (Å²) in [6, 6.07) is 17.2. The quantitative estimate of drug-likeness (QED) is 0.353. The number of nitrogens with one attached hydrogen (secondary N) is 1. The maximum atomic E-state index is 12.1. The van der Waals surface area contributed by atoms with Crippen LogP contribution < -0.4 is 14.8 Å². The van der Waals surface area contributed by atoms with Crippen molar-refractivity contribution in [2.75, 3.05) is 20.6 Å². The molecule has 1 aliphatic carbocycles. The molecular weight excluding hydrogens is 456 g/mol. The van der Waals surface area contributed by atoms with E-state index in [4.69, 9.17) is 9.47 Å². The van der Waals surface area contributed by atoms with E-state index in [9.17, 15) is 4.79 Å². The molecule has 0 spiro atoms. The molecule has 184 valence electrons. The van der Waals surface area contributed by atoms with E-state index < -0.39 is 0 Å². The van der Waals surface area contributed by atoms with Gasteiger partial charge in [0.15, 0.2) is 0 Å². The zero-order valence-electron chi connectivity index (χ0n) is 20.2. The van der Waals surface area contributed by atoms with Crippen molar-refractivity contribution in [2.45, 2.75) is 24.9 Å². The molecule has 1 saturated carbocycles. The average molecular weight is 485 g/mol. The van der Waals surface area contributed by atoms with Gasteiger partial charge >= 0.3 is 0 Å². The maximum Gasteiger partial charge on any atom is 0.248 e. The van der Waals surface area contributed by atoms with Gasteiger partial charge in [0, 0.05) is 18.7 Å². The number of hydrogen-bond donors (Lipinski definition) is 1. The van der Waals surface area contributed by atoms with Gasteiger partial charge in [-0.15, -0.1) is 0 Å². The second-order valence-corrected chi connectivity index (χ2v) is 8.99. The fourth-order valence-electron chi connectivity index (χ4n) is 4.05. The molecule has 36 heavy (non-hydrogen) atoms. The smallest absolute Gasteiger partial charge is 0.248 e. The Hall–Kier alpha value is -4.24. The average Bonchev–Trinajstić information content (AvgIpc) is 3.27. The van der Waals surface area contributed by atoms with E-state index in [1.807, 2.05) is 84.4 Å². The van der Waals surface area contributed by atoms with E-state index in [0.29, 0.717) is 22.9 Å². The van der Waals surface area contributed by atoms with Crippen molar-refractivity contribution >= 4 is 16.9 Å². The molecular formula is C27H28N6O3. The summed E-state index contributed by atoms with van der Waals surface area (Å²) in [5, 5.41) is 7.59. The van der Waals surface area contributed by atoms with E-state index in [2.05, 4.69) is 20.4 Å². The molecule has 2 heterocycles. The van der Waals surface area contributed by atoms with E-state index in [-0.39, 0.29) is 18.0 Å². The lowest BCUT2D eigenvalue weighted by molar-refractivity contribution is -0.118. The van der Waals surface area contributed by atoms with Gasteiger partial charge in [0.2, 0.25) is 11.8 Å². The first-order valence-electron chi connectivity index (χ1n) is 11.9. The third-order valence-corrected chi connectivity index (χ3v) is 5.91. The Morgan fingerprint density at radius 2 is 1.72 bits per heavy atom. The van der Waals surface area contributed by atoms with Gasteiger partial charge in [-0.1, -0.05) is 24.3 Å². The summed E-state index contributed by atoms with van der Waals surface area (Å²) in [5.74, 6) is 2.48. The van der Waals surface area contributed by atoms with Crippen LogP contribution >= 0.6 is 0 Å². The van der Waals surface area contributed by atoms with Crippen molar-refractivity contribution in [3.05, 3.63) is 79.3 Å². The molecule has 0 radical (unpaired) electrons. The lowest BCUT2D eigenvalue weighted by Gasteiger charge is -2.36. The molecule has 2 aromatic heterocycles. The number of carbonyl (C=O) groups excluding carboxylic acids is 1. The highest BCUT2D eigenvalue weighted by atomic mass is 16.5. The van der Waals surface area contributed by atoms with Crippen LogP contribution in [0.5, 0.6) is 23.1 Å². The van der Waals surface area contributed by atoms with Crippen LogP contribution in [0, 0.1) is 0 Å². The molecule has 0 atom stereocenters. The molecule has 1 fully saturated rings. The Bertz CT molecular complexity index is 1350. The number of rotatable bonds is 9. The van der Waals surface area contributed by atoms with Gasteiger partial charge in [-0.05, 0) is 63.3 Å². The van der Waals surface area contributed by atoms with Crippen molar-refractivity contribution in [1.29, 1.82) is 0 Å². The first-order valence-corrected chi connectivity index (χ1v) is 11.9. The van der Waals surface area contributed by atoms with Crippen LogP contribution in [0.25, 0.3) is 11.0 Å². The minimum absolute atomic E-state index is 0.0716. The highest BCUT2D eigenvalue weighted by Crippen LogP contribution is 2.37. The summed E-state index contributed by atoms with van der Waals surface area (Å²) < 4.78 is 13.9. The van der Waals surface area contributed by atoms with Crippen molar-refractivity contribution in [3.63, 3.8) is 0 Å². The van der Waals surface area contributed by atoms with E-state index in [1.54, 1.807) is 12.3 Å². The predicted molar refractivity (Wildman–Crippen MR) is 136 cm³/mol. The molecule has 4 aromatic rings. The SMILES string of the molecule is CN(C)C/C=C/C(=O)NC1CC(n2ncc3ncnc(Oc4ccc(Oc5ccccc5)cc4)c32)C1. The van der Waals surface area contributed by atoms with Crippen molar-refractivity contribution < 1.29 is 14.3 Å². The Morgan fingerprint density at radius 3 is 2.44 bits per heavy atom. The third kappa shape index (κ3) is 5.52. The summed E-state index contributed by atoms with van der Waals surface area (Å²) in [7, 11) is 3.93. The number of ether oxygens (including phenoxy) is 2. The zero-order valence-corrected chi connectivity index (χ0v) is 20.2. The van der Waals surface area contributed by atoms with Gasteiger partial charge in [0.1, 0.15) is 34.6 Å². The summed E-state index contributed by atoms with van der Waals surface area (Å²) >= 11 is 0. The number of nitrogens with zero attached hydrogens (tertiary/aromatic N) is 5. The van der Waals surface area contributed by atoms with Crippen LogP contribution in [-0.4, -0.2) is 57.2 Å². The fourth-order valence-corrected chi connectivity index (χ4v) is 4.05. The fraction of sp³-hybridized carbons (Fsp3) is 0.259. The topological polar surface area (TPSA) is 94.4 Å². The molecule has 1 aliphatic rings. The van der Waals surface area contributed by atoms with Crippen LogP contribution in [-0.2, 0) is 4.79 Å². The number of benzene rings is 2. The molecule has 0 saturated heterocycles. The maximum absolute atomic E-state index is 12.1. The van der Waals surface area contributed by atoms with Crippen LogP contribution in [0.3, 0.4) is 0 Å². The molecule has 0 bridgehead atoms. The molecule has 2 aromatic carbocycles. The Balaban J connectivity index is 1.24. The minimum atomic E-state index is -0.0716. The van der Waals surface area contributed by atoms with Crippen molar-refractivity contribution in [1.82, 2.24) is 30.0 Å². The molecule has 0 aliphatic heterocycles. The summed E-state index contributed by atoms with van der Waals surface area (Å²) in [4.78, 5) is 22.8. The largest absolute Gasteiger partial charge is 0.457 e. The first-order chi connectivity index (χ1) is 17.5. The normalized spacial score (nSPS) is 17.3. The number of likely N-dealkylation sites (N-methyl/N-ethyl adjacent to an activating group) is 1. The highest BCUT2D eigenvalue weighted by molar-refractivity contribution is 5.87. The Labute approximate surface area is 209 Å². The van der Waals surface area contributed by atoms with Crippen LogP contribution in [0.2, 0.25) is 0 Å². The second-order valence-electron chi connectivity index (χ2n) is 8.99. The van der Waals surface area contributed by atoms with Crippen LogP contribution in [0.15, 0.2) is 79.3 Å². The van der Waals surface area contributed by atoms with Crippen molar-refractivity contribution in [2.24, 2.45) is 0 Å². The minimum Gasteiger partial charge on any atom is -0.457 e. The van der Waals surface area contributed by atoms with Gasteiger partial charge in [0.05, 0.1) is 12.2 Å². The standard InChI is InChI=1S/C27H28N6O3/c1-32(2)14-6-9-25(34)31-19-15-20(16-19)33-26-24(17-30-33)28-18-29-27(26)36-23-12-10-22(11-13-23)35-21-7-4-3-5-8-21/h3-13,17-20H,14-16H2,1-2H3,(H,31,34)/b9-6+. The molecule has 9 nitrogen and oxygen atoms in total. The van der Waals surface area contributed by atoms with Crippen LogP contribution in [0.1, 0.15) is 18.9 Å². The van der Waals surface area contributed by atoms with E-state index >= 15 is 0 Å². The van der Waals surface area contributed by atoms with E-state index in [1.165, 1.54) is 6.33 Å². The third-order valence-electron chi connectivity index (χ3n) is 5.91. The number of amides is 1. The number of carbonyl (C=O) groups is 1. The Kier molecular flexibility index (Phi) is 6.90. The van der Waals surface area contributed by atoms with Gasteiger partial charge in [-0.25, -0.2) is 4.98 Å². The highest BCUT2D eigenvalue weighted by Gasteiger charge is 2.33. The summed E-state index contributed by atoms with van der Waals surface area (Å²) in [6.45, 7) is 0.728. The number of para-hydroxylation sites is 1. The van der Waals surface area contributed by atoms with Gasteiger partial charge in [-0.3, -0.25) is 9.48 Å². The second kappa shape index (κ2) is 10.6. The van der Waals surface area contributed by atoms with E-state index in [0.717, 1.165) is 30.7 Å². The Morgan fingerprint density at radius 1 is 1.03 bits per heavy atom. The molecule has 5 rings (SSSR count). The lowest BCUT2D eigenvalue weighted by atomic mass is 9.86. The van der Waals surface area contributed by atoms with Gasteiger partial charge < -0.3 is 19.7 Å². The number of aromatic nitrogens is 4. The molecule has 9 heteroatoms.